The summed E-state index contributed by atoms with van der Waals surface area (Å²) in [5.41, 5.74) is 1.40. The summed E-state index contributed by atoms with van der Waals surface area (Å²) in [5, 5.41) is 12.7. The number of nitrogens with zero attached hydrogens (tertiary/aromatic N) is 2. The van der Waals surface area contributed by atoms with Crippen LogP contribution in [0.1, 0.15) is 22.0 Å². The van der Waals surface area contributed by atoms with E-state index >= 15 is 0 Å². The van der Waals surface area contributed by atoms with E-state index in [2.05, 4.69) is 15.0 Å². The number of benzene rings is 1. The van der Waals surface area contributed by atoms with E-state index < -0.39 is 12.7 Å². The number of halogens is 2. The van der Waals surface area contributed by atoms with Crippen LogP contribution in [0, 0.1) is 0 Å². The van der Waals surface area contributed by atoms with Crippen LogP contribution in [-0.4, -0.2) is 33.6 Å². The highest BCUT2D eigenvalue weighted by atomic mass is 19.3. The third-order valence-electron chi connectivity index (χ3n) is 3.58. The van der Waals surface area contributed by atoms with Gasteiger partial charge in [0.15, 0.2) is 0 Å². The SMILES string of the molecule is O=C(NC[C@@H](O)c1cccc(OC(F)F)c1)c1ccn2ccnc2c1. The van der Waals surface area contributed by atoms with Gasteiger partial charge >= 0.3 is 6.61 Å². The number of amides is 1. The maximum absolute atomic E-state index is 12.2. The molecular formula is C17H15F2N3O3. The minimum atomic E-state index is -2.94. The molecule has 0 aliphatic heterocycles. The number of rotatable bonds is 6. The monoisotopic (exact) mass is 347 g/mol. The van der Waals surface area contributed by atoms with E-state index in [-0.39, 0.29) is 18.2 Å². The highest BCUT2D eigenvalue weighted by Crippen LogP contribution is 2.20. The second kappa shape index (κ2) is 7.27. The van der Waals surface area contributed by atoms with Crippen LogP contribution >= 0.6 is 0 Å². The number of carbonyl (C=O) groups is 1. The summed E-state index contributed by atoms with van der Waals surface area (Å²) < 4.78 is 30.5. The predicted molar refractivity (Wildman–Crippen MR) is 85.6 cm³/mol. The normalized spacial score (nSPS) is 12.3. The third kappa shape index (κ3) is 4.10. The first-order chi connectivity index (χ1) is 12.0. The molecule has 1 aromatic carbocycles. The molecule has 6 nitrogen and oxygen atoms in total. The topological polar surface area (TPSA) is 75.9 Å². The summed E-state index contributed by atoms with van der Waals surface area (Å²) in [4.78, 5) is 16.3. The molecule has 2 heterocycles. The first kappa shape index (κ1) is 16.8. The molecule has 3 rings (SSSR count). The molecule has 2 N–H and O–H groups in total. The summed E-state index contributed by atoms with van der Waals surface area (Å²) >= 11 is 0. The van der Waals surface area contributed by atoms with Gasteiger partial charge in [-0.05, 0) is 29.8 Å². The van der Waals surface area contributed by atoms with Gasteiger partial charge in [0, 0.05) is 30.7 Å². The Morgan fingerprint density at radius 2 is 2.12 bits per heavy atom. The molecule has 0 radical (unpaired) electrons. The van der Waals surface area contributed by atoms with Crippen LogP contribution in [0.15, 0.2) is 55.0 Å². The molecule has 0 bridgehead atoms. The van der Waals surface area contributed by atoms with Crippen LogP contribution in [-0.2, 0) is 0 Å². The van der Waals surface area contributed by atoms with E-state index in [0.29, 0.717) is 16.8 Å². The molecule has 0 spiro atoms. The summed E-state index contributed by atoms with van der Waals surface area (Å²) in [5.74, 6) is -0.424. The van der Waals surface area contributed by atoms with Gasteiger partial charge in [-0.3, -0.25) is 4.79 Å². The maximum Gasteiger partial charge on any atom is 0.387 e. The second-order valence-corrected chi connectivity index (χ2v) is 5.28. The van der Waals surface area contributed by atoms with Crippen molar-refractivity contribution in [2.45, 2.75) is 12.7 Å². The molecule has 0 aliphatic rings. The number of alkyl halides is 2. The highest BCUT2D eigenvalue weighted by Gasteiger charge is 2.13. The number of hydrogen-bond donors (Lipinski definition) is 2. The van der Waals surface area contributed by atoms with Crippen LogP contribution < -0.4 is 10.1 Å². The Balaban J connectivity index is 1.63. The van der Waals surface area contributed by atoms with Crippen molar-refractivity contribution in [2.75, 3.05) is 6.54 Å². The van der Waals surface area contributed by atoms with E-state index in [9.17, 15) is 18.7 Å². The van der Waals surface area contributed by atoms with Crippen molar-refractivity contribution in [3.05, 3.63) is 66.1 Å². The molecule has 1 atom stereocenters. The lowest BCUT2D eigenvalue weighted by Gasteiger charge is -2.14. The van der Waals surface area contributed by atoms with Crippen LogP contribution in [0.4, 0.5) is 8.78 Å². The van der Waals surface area contributed by atoms with Gasteiger partial charge in [-0.15, -0.1) is 0 Å². The van der Waals surface area contributed by atoms with Crippen molar-refractivity contribution in [3.63, 3.8) is 0 Å². The van der Waals surface area contributed by atoms with Crippen LogP contribution in [0.2, 0.25) is 0 Å². The number of aromatic nitrogens is 2. The van der Waals surface area contributed by atoms with E-state index in [1.807, 2.05) is 0 Å². The van der Waals surface area contributed by atoms with Gasteiger partial charge in [0.2, 0.25) is 0 Å². The van der Waals surface area contributed by atoms with Gasteiger partial charge in [-0.1, -0.05) is 12.1 Å². The van der Waals surface area contributed by atoms with E-state index in [0.717, 1.165) is 0 Å². The van der Waals surface area contributed by atoms with Crippen LogP contribution in [0.5, 0.6) is 5.75 Å². The quantitative estimate of drug-likeness (QED) is 0.718. The Hall–Kier alpha value is -3.00. The Labute approximate surface area is 141 Å². The molecular weight excluding hydrogens is 332 g/mol. The highest BCUT2D eigenvalue weighted by molar-refractivity contribution is 5.95. The van der Waals surface area contributed by atoms with Gasteiger partial charge in [0.05, 0.1) is 6.10 Å². The largest absolute Gasteiger partial charge is 0.435 e. The molecule has 2 aromatic heterocycles. The lowest BCUT2D eigenvalue weighted by molar-refractivity contribution is -0.0499. The molecule has 25 heavy (non-hydrogen) atoms. The number of aliphatic hydroxyl groups excluding tert-OH is 1. The minimum absolute atomic E-state index is 0.0531. The number of nitrogens with one attached hydrogen (secondary N) is 1. The van der Waals surface area contributed by atoms with Crippen molar-refractivity contribution in [2.24, 2.45) is 0 Å². The number of fused-ring (bicyclic) bond motifs is 1. The van der Waals surface area contributed by atoms with Crippen LogP contribution in [0.25, 0.3) is 5.65 Å². The van der Waals surface area contributed by atoms with Crippen molar-refractivity contribution in [1.82, 2.24) is 14.7 Å². The molecule has 0 saturated heterocycles. The Morgan fingerprint density at radius 3 is 2.92 bits per heavy atom. The van der Waals surface area contributed by atoms with E-state index in [1.54, 1.807) is 41.2 Å². The number of carbonyl (C=O) groups excluding carboxylic acids is 1. The number of imidazole rings is 1. The summed E-state index contributed by atoms with van der Waals surface area (Å²) in [6, 6.07) is 8.97. The zero-order valence-electron chi connectivity index (χ0n) is 13.0. The molecule has 0 unspecified atom stereocenters. The van der Waals surface area contributed by atoms with E-state index in [4.69, 9.17) is 0 Å². The number of pyridine rings is 1. The fourth-order valence-electron chi connectivity index (χ4n) is 2.36. The number of hydrogen-bond acceptors (Lipinski definition) is 4. The molecule has 3 aromatic rings. The lowest BCUT2D eigenvalue weighted by atomic mass is 10.1. The average molecular weight is 347 g/mol. The summed E-state index contributed by atoms with van der Waals surface area (Å²) in [6.45, 7) is -3.01. The van der Waals surface area contributed by atoms with Crippen molar-refractivity contribution < 1.29 is 23.4 Å². The summed E-state index contributed by atoms with van der Waals surface area (Å²) in [6.07, 6.45) is 4.03. The van der Waals surface area contributed by atoms with Gasteiger partial charge in [0.1, 0.15) is 11.4 Å². The number of ether oxygens (including phenoxy) is 1. The third-order valence-corrected chi connectivity index (χ3v) is 3.58. The first-order valence-electron chi connectivity index (χ1n) is 7.46. The Kier molecular flexibility index (Phi) is 4.90. The fourth-order valence-corrected chi connectivity index (χ4v) is 2.36. The standard InChI is InChI=1S/C17H15F2N3O3/c18-17(19)25-13-3-1-2-11(8-13)14(23)10-21-16(24)12-4-6-22-7-5-20-15(22)9-12/h1-9,14,17,23H,10H2,(H,21,24)/t14-/m1/s1. The smallest absolute Gasteiger partial charge is 0.387 e. The lowest BCUT2D eigenvalue weighted by Crippen LogP contribution is -2.28. The Morgan fingerprint density at radius 1 is 1.28 bits per heavy atom. The summed E-state index contributed by atoms with van der Waals surface area (Å²) in [7, 11) is 0. The van der Waals surface area contributed by atoms with Crippen molar-refractivity contribution >= 4 is 11.6 Å². The molecule has 0 aliphatic carbocycles. The average Bonchev–Trinajstić information content (AvgIpc) is 3.06. The van der Waals surface area contributed by atoms with Crippen molar-refractivity contribution in [1.29, 1.82) is 0 Å². The molecule has 1 amide bonds. The van der Waals surface area contributed by atoms with Gasteiger partial charge in [0.25, 0.3) is 5.91 Å². The zero-order chi connectivity index (χ0) is 17.8. The Bertz CT molecular complexity index is 882. The molecule has 0 saturated carbocycles. The van der Waals surface area contributed by atoms with Crippen molar-refractivity contribution in [3.8, 4) is 5.75 Å². The molecule has 130 valence electrons. The second-order valence-electron chi connectivity index (χ2n) is 5.28. The van der Waals surface area contributed by atoms with E-state index in [1.165, 1.54) is 18.2 Å². The minimum Gasteiger partial charge on any atom is -0.435 e. The fraction of sp³-hybridized carbons (Fsp3) is 0.176. The molecule has 8 heteroatoms. The zero-order valence-corrected chi connectivity index (χ0v) is 13.0. The van der Waals surface area contributed by atoms with Crippen LogP contribution in [0.3, 0.4) is 0 Å². The van der Waals surface area contributed by atoms with Gasteiger partial charge in [-0.2, -0.15) is 8.78 Å². The number of aliphatic hydroxyl groups is 1. The predicted octanol–water partition coefficient (Wildman–Crippen LogP) is 2.40. The molecule has 0 fully saturated rings. The van der Waals surface area contributed by atoms with Gasteiger partial charge in [-0.25, -0.2) is 4.98 Å². The first-order valence-corrected chi connectivity index (χ1v) is 7.46. The maximum atomic E-state index is 12.2. The van der Waals surface area contributed by atoms with Gasteiger partial charge < -0.3 is 19.6 Å².